The zero-order valence-corrected chi connectivity index (χ0v) is 17.2. The van der Waals surface area contributed by atoms with Gasteiger partial charge in [-0.25, -0.2) is 19.4 Å². The number of aliphatic carboxylic acids is 1. The summed E-state index contributed by atoms with van der Waals surface area (Å²) in [5, 5.41) is 16.9. The van der Waals surface area contributed by atoms with E-state index in [4.69, 9.17) is 17.6 Å². The van der Waals surface area contributed by atoms with E-state index in [0.717, 1.165) is 11.3 Å². The molecule has 0 bridgehead atoms. The monoisotopic (exact) mass is 431 g/mol. The molecule has 2 radical (unpaired) electrons. The average Bonchev–Trinajstić information content (AvgIpc) is 3.10. The maximum absolute atomic E-state index is 11.8. The third-order valence-corrected chi connectivity index (χ3v) is 4.04. The van der Waals surface area contributed by atoms with Crippen LogP contribution in [0.1, 0.15) is 42.4 Å². The summed E-state index contributed by atoms with van der Waals surface area (Å²) >= 11 is 0.991. The number of carbonyl (C=O) groups excluding carboxylic acids is 2. The van der Waals surface area contributed by atoms with Gasteiger partial charge in [0.2, 0.25) is 5.71 Å². The standard InChI is InChI=1S/C18H18BN3O7S/c1-18(2,3)28-17(26)21-16-20-12(9-30-16)13(14(23)24)22-27-8-10-6-4-5-7-11(10)15(25)29-19/h4-7,9H,8H2,1-3H3,(H,23,24)(H,20,21,26)/b22-13-. The number of oxime groups is 1. The highest BCUT2D eigenvalue weighted by molar-refractivity contribution is 7.14. The number of thiazole rings is 1. The van der Waals surface area contributed by atoms with Crippen LogP contribution in [0.15, 0.2) is 34.8 Å². The lowest BCUT2D eigenvalue weighted by Gasteiger charge is -2.18. The second-order valence-electron chi connectivity index (χ2n) is 6.75. The molecule has 156 valence electrons. The maximum atomic E-state index is 11.8. The van der Waals surface area contributed by atoms with Crippen molar-refractivity contribution in [3.63, 3.8) is 0 Å². The predicted molar refractivity (Wildman–Crippen MR) is 109 cm³/mol. The first-order valence-corrected chi connectivity index (χ1v) is 9.37. The summed E-state index contributed by atoms with van der Waals surface area (Å²) in [5.41, 5.74) is -0.648. The van der Waals surface area contributed by atoms with Gasteiger partial charge in [-0.1, -0.05) is 23.4 Å². The minimum atomic E-state index is -1.39. The number of nitrogens with one attached hydrogen (secondary N) is 1. The van der Waals surface area contributed by atoms with Crippen LogP contribution in [0.25, 0.3) is 0 Å². The molecule has 1 aromatic carbocycles. The maximum Gasteiger partial charge on any atom is 0.413 e. The molecule has 2 rings (SSSR count). The number of nitrogens with zero attached hydrogens (tertiary/aromatic N) is 2. The Bertz CT molecular complexity index is 969. The highest BCUT2D eigenvalue weighted by Crippen LogP contribution is 2.18. The number of carboxylic acids is 1. The van der Waals surface area contributed by atoms with E-state index >= 15 is 0 Å². The lowest BCUT2D eigenvalue weighted by atomic mass is 10.1. The molecule has 1 aromatic heterocycles. The molecule has 0 aliphatic rings. The molecule has 10 nitrogen and oxygen atoms in total. The third-order valence-electron chi connectivity index (χ3n) is 3.28. The normalized spacial score (nSPS) is 11.5. The zero-order chi connectivity index (χ0) is 22.3. The van der Waals surface area contributed by atoms with Crippen molar-refractivity contribution in [3.8, 4) is 0 Å². The molecule has 0 atom stereocenters. The van der Waals surface area contributed by atoms with Crippen molar-refractivity contribution < 1.29 is 33.7 Å². The van der Waals surface area contributed by atoms with Gasteiger partial charge in [0, 0.05) is 10.9 Å². The third kappa shape index (κ3) is 6.59. The van der Waals surface area contributed by atoms with E-state index in [1.165, 1.54) is 11.4 Å². The van der Waals surface area contributed by atoms with Crippen LogP contribution in [-0.4, -0.2) is 47.5 Å². The van der Waals surface area contributed by atoms with Crippen molar-refractivity contribution >= 4 is 48.3 Å². The molecule has 0 spiro atoms. The van der Waals surface area contributed by atoms with Crippen LogP contribution in [0.3, 0.4) is 0 Å². The first-order valence-electron chi connectivity index (χ1n) is 8.49. The second kappa shape index (κ2) is 9.88. The topological polar surface area (TPSA) is 136 Å². The molecule has 0 saturated carbocycles. The SMILES string of the molecule is [B]OC(=O)c1ccccc1CO/N=C(\C(=O)O)c1csc(NC(=O)OC(C)(C)C)n1. The molecular weight excluding hydrogens is 413 g/mol. The van der Waals surface area contributed by atoms with E-state index in [-0.39, 0.29) is 23.0 Å². The fraction of sp³-hybridized carbons (Fsp3) is 0.278. The molecule has 0 aliphatic carbocycles. The number of carbonyl (C=O) groups is 3. The number of ether oxygens (including phenoxy) is 1. The van der Waals surface area contributed by atoms with E-state index in [9.17, 15) is 19.5 Å². The average molecular weight is 431 g/mol. The second-order valence-corrected chi connectivity index (χ2v) is 7.60. The Hall–Kier alpha value is -3.41. The Labute approximate surface area is 177 Å². The molecule has 1 amide bonds. The quantitative estimate of drug-likeness (QED) is 0.388. The van der Waals surface area contributed by atoms with Gasteiger partial charge in [0.05, 0.1) is 5.56 Å². The lowest BCUT2D eigenvalue weighted by molar-refractivity contribution is -0.129. The Morgan fingerprint density at radius 2 is 1.97 bits per heavy atom. The fourth-order valence-electron chi connectivity index (χ4n) is 2.10. The molecule has 0 saturated heterocycles. The van der Waals surface area contributed by atoms with E-state index < -0.39 is 29.3 Å². The largest absolute Gasteiger partial charge is 0.540 e. The van der Waals surface area contributed by atoms with Crippen molar-refractivity contribution in [2.24, 2.45) is 5.16 Å². The molecule has 2 N–H and O–H groups in total. The molecule has 1 heterocycles. The predicted octanol–water partition coefficient (Wildman–Crippen LogP) is 2.74. The smallest absolute Gasteiger partial charge is 0.413 e. The summed E-state index contributed by atoms with van der Waals surface area (Å²) in [4.78, 5) is 44.1. The van der Waals surface area contributed by atoms with Crippen LogP contribution in [0, 0.1) is 0 Å². The highest BCUT2D eigenvalue weighted by atomic mass is 32.1. The molecule has 30 heavy (non-hydrogen) atoms. The van der Waals surface area contributed by atoms with Crippen molar-refractivity contribution in [2.45, 2.75) is 33.0 Å². The van der Waals surface area contributed by atoms with Crippen LogP contribution in [-0.2, 0) is 25.6 Å². The Kier molecular flexibility index (Phi) is 7.53. The van der Waals surface area contributed by atoms with Crippen molar-refractivity contribution in [3.05, 3.63) is 46.5 Å². The Morgan fingerprint density at radius 3 is 2.60 bits per heavy atom. The number of aromatic nitrogens is 1. The Balaban J connectivity index is 2.11. The van der Waals surface area contributed by atoms with Gasteiger partial charge in [0.15, 0.2) is 5.13 Å². The number of anilines is 1. The summed E-state index contributed by atoms with van der Waals surface area (Å²) in [6.07, 6.45) is -0.725. The number of rotatable bonds is 7. The lowest BCUT2D eigenvalue weighted by Crippen LogP contribution is -2.27. The van der Waals surface area contributed by atoms with Crippen molar-refractivity contribution in [1.82, 2.24) is 4.98 Å². The van der Waals surface area contributed by atoms with Gasteiger partial charge in [-0.2, -0.15) is 0 Å². The van der Waals surface area contributed by atoms with E-state index in [1.54, 1.807) is 39.0 Å². The van der Waals surface area contributed by atoms with E-state index in [0.29, 0.717) is 5.56 Å². The van der Waals surface area contributed by atoms with Gasteiger partial charge in [-0.05, 0) is 26.8 Å². The summed E-state index contributed by atoms with van der Waals surface area (Å²) < 4.78 is 9.31. The van der Waals surface area contributed by atoms with Crippen LogP contribution in [0.2, 0.25) is 0 Å². The summed E-state index contributed by atoms with van der Waals surface area (Å²) in [7, 11) is 4.89. The first kappa shape index (κ1) is 22.9. The molecule has 2 aromatic rings. The number of hydrogen-bond acceptors (Lipinski definition) is 9. The Morgan fingerprint density at radius 1 is 1.27 bits per heavy atom. The van der Waals surface area contributed by atoms with Gasteiger partial charge in [-0.3, -0.25) is 5.32 Å². The number of hydrogen-bond donors (Lipinski definition) is 2. The minimum absolute atomic E-state index is 0.0202. The van der Waals surface area contributed by atoms with Crippen LogP contribution >= 0.6 is 11.3 Å². The molecular formula is C18H18BN3O7S. The van der Waals surface area contributed by atoms with E-state index in [1.807, 2.05) is 0 Å². The van der Waals surface area contributed by atoms with Gasteiger partial charge >= 0.3 is 26.1 Å². The van der Waals surface area contributed by atoms with Crippen LogP contribution in [0.5, 0.6) is 0 Å². The molecule has 0 aliphatic heterocycles. The number of carboxylic acid groups (broad SMARTS) is 1. The van der Waals surface area contributed by atoms with Crippen LogP contribution in [0.4, 0.5) is 9.93 Å². The fourth-order valence-corrected chi connectivity index (χ4v) is 2.78. The van der Waals surface area contributed by atoms with Gasteiger partial charge in [0.25, 0.3) is 0 Å². The van der Waals surface area contributed by atoms with Gasteiger partial charge in [-0.15, -0.1) is 11.3 Å². The highest BCUT2D eigenvalue weighted by Gasteiger charge is 2.21. The van der Waals surface area contributed by atoms with Crippen molar-refractivity contribution in [2.75, 3.05) is 5.32 Å². The van der Waals surface area contributed by atoms with Gasteiger partial charge < -0.3 is 19.3 Å². The number of amides is 1. The van der Waals surface area contributed by atoms with E-state index in [2.05, 4.69) is 20.1 Å². The zero-order valence-electron chi connectivity index (χ0n) is 16.4. The summed E-state index contributed by atoms with van der Waals surface area (Å²) in [6.45, 7) is 4.91. The van der Waals surface area contributed by atoms with Crippen molar-refractivity contribution in [1.29, 1.82) is 0 Å². The number of benzene rings is 1. The molecule has 12 heteroatoms. The minimum Gasteiger partial charge on any atom is -0.540 e. The van der Waals surface area contributed by atoms with Crippen LogP contribution < -0.4 is 5.32 Å². The molecule has 0 fully saturated rings. The molecule has 0 unspecified atom stereocenters. The first-order chi connectivity index (χ1) is 14.1. The summed E-state index contributed by atoms with van der Waals surface area (Å²) in [5.74, 6) is -2.16. The van der Waals surface area contributed by atoms with Gasteiger partial charge in [0.1, 0.15) is 17.9 Å². The summed E-state index contributed by atoms with van der Waals surface area (Å²) in [6, 6.07) is 6.32.